The van der Waals surface area contributed by atoms with Crippen LogP contribution in [0.2, 0.25) is 0 Å². The van der Waals surface area contributed by atoms with Gasteiger partial charge < -0.3 is 15.2 Å². The van der Waals surface area contributed by atoms with Crippen molar-refractivity contribution in [1.29, 1.82) is 0 Å². The first kappa shape index (κ1) is 14.7. The molecule has 8 heteroatoms. The molecule has 1 unspecified atom stereocenters. The number of carboxylic acid groups (broad SMARTS) is 1. The Kier molecular flexibility index (Phi) is 3.62. The van der Waals surface area contributed by atoms with E-state index in [4.69, 9.17) is 4.74 Å². The van der Waals surface area contributed by atoms with E-state index in [0.717, 1.165) is 0 Å². The Bertz CT molecular complexity index is 367. The SMILES string of the molecule is CC1(C)COCCC1(NC(=O)C(F)(F)F)C(=O)O. The Morgan fingerprint density at radius 3 is 2.28 bits per heavy atom. The van der Waals surface area contributed by atoms with Gasteiger partial charge in [-0.05, 0) is 0 Å². The van der Waals surface area contributed by atoms with E-state index in [-0.39, 0.29) is 19.6 Å². The van der Waals surface area contributed by atoms with Crippen molar-refractivity contribution < 1.29 is 32.6 Å². The molecular weight excluding hydrogens is 255 g/mol. The Labute approximate surface area is 101 Å². The van der Waals surface area contributed by atoms with Crippen LogP contribution in [0.25, 0.3) is 0 Å². The van der Waals surface area contributed by atoms with E-state index >= 15 is 0 Å². The lowest BCUT2D eigenvalue weighted by atomic mass is 9.69. The molecule has 1 fully saturated rings. The van der Waals surface area contributed by atoms with Crippen molar-refractivity contribution in [3.8, 4) is 0 Å². The Balaban J connectivity index is 3.08. The number of amides is 1. The molecular formula is C10H14F3NO4. The van der Waals surface area contributed by atoms with Crippen LogP contribution in [0.3, 0.4) is 0 Å². The zero-order chi connectivity index (χ0) is 14.2. The standard InChI is InChI=1S/C10H14F3NO4/c1-8(2)5-18-4-3-9(8,7(16)17)14-6(15)10(11,12)13/h3-5H2,1-2H3,(H,14,15)(H,16,17). The molecule has 1 rings (SSSR count). The first-order chi connectivity index (χ1) is 8.03. The van der Waals surface area contributed by atoms with Crippen molar-refractivity contribution in [2.24, 2.45) is 5.41 Å². The fourth-order valence-electron chi connectivity index (χ4n) is 1.96. The minimum atomic E-state index is -5.11. The third-order valence-corrected chi connectivity index (χ3v) is 3.19. The lowest BCUT2D eigenvalue weighted by Crippen LogP contribution is -2.68. The van der Waals surface area contributed by atoms with E-state index in [1.165, 1.54) is 13.8 Å². The number of hydrogen-bond acceptors (Lipinski definition) is 3. The minimum absolute atomic E-state index is 0.0200. The molecule has 0 aliphatic carbocycles. The topological polar surface area (TPSA) is 75.6 Å². The van der Waals surface area contributed by atoms with Gasteiger partial charge in [-0.15, -0.1) is 0 Å². The first-order valence-corrected chi connectivity index (χ1v) is 5.23. The maximum absolute atomic E-state index is 12.3. The van der Waals surface area contributed by atoms with Crippen LogP contribution in [0, 0.1) is 5.41 Å². The first-order valence-electron chi connectivity index (χ1n) is 5.23. The molecule has 1 aliphatic heterocycles. The number of carbonyl (C=O) groups is 2. The molecule has 1 heterocycles. The lowest BCUT2D eigenvalue weighted by Gasteiger charge is -2.46. The summed E-state index contributed by atoms with van der Waals surface area (Å²) in [5, 5.41) is 10.8. The van der Waals surface area contributed by atoms with Crippen molar-refractivity contribution in [1.82, 2.24) is 5.32 Å². The summed E-state index contributed by atoms with van der Waals surface area (Å²) < 4.78 is 41.8. The summed E-state index contributed by atoms with van der Waals surface area (Å²) in [6, 6.07) is 0. The molecule has 0 aromatic rings. The molecule has 0 bridgehead atoms. The van der Waals surface area contributed by atoms with Crippen molar-refractivity contribution >= 4 is 11.9 Å². The average Bonchev–Trinajstić information content (AvgIpc) is 2.19. The van der Waals surface area contributed by atoms with Crippen LogP contribution >= 0.6 is 0 Å². The Morgan fingerprint density at radius 2 is 1.89 bits per heavy atom. The predicted octanol–water partition coefficient (Wildman–Crippen LogP) is 0.935. The monoisotopic (exact) mass is 269 g/mol. The zero-order valence-corrected chi connectivity index (χ0v) is 9.93. The second-order valence-electron chi connectivity index (χ2n) is 4.85. The van der Waals surface area contributed by atoms with E-state index in [2.05, 4.69) is 0 Å². The number of ether oxygens (including phenoxy) is 1. The van der Waals surface area contributed by atoms with Gasteiger partial charge in [-0.2, -0.15) is 13.2 Å². The molecule has 0 saturated carbocycles. The lowest BCUT2D eigenvalue weighted by molar-refractivity contribution is -0.185. The van der Waals surface area contributed by atoms with E-state index in [1.807, 2.05) is 0 Å². The van der Waals surface area contributed by atoms with Gasteiger partial charge in [0.25, 0.3) is 0 Å². The van der Waals surface area contributed by atoms with Crippen LogP contribution in [0.15, 0.2) is 0 Å². The van der Waals surface area contributed by atoms with Crippen LogP contribution < -0.4 is 5.32 Å². The van der Waals surface area contributed by atoms with Crippen molar-refractivity contribution in [3.05, 3.63) is 0 Å². The molecule has 5 nitrogen and oxygen atoms in total. The molecule has 1 aliphatic rings. The van der Waals surface area contributed by atoms with Crippen LogP contribution in [-0.2, 0) is 14.3 Å². The van der Waals surface area contributed by atoms with Crippen LogP contribution in [0.1, 0.15) is 20.3 Å². The number of carboxylic acids is 1. The van der Waals surface area contributed by atoms with E-state index < -0.39 is 29.0 Å². The highest BCUT2D eigenvalue weighted by atomic mass is 19.4. The highest BCUT2D eigenvalue weighted by molar-refractivity contribution is 5.90. The molecule has 2 N–H and O–H groups in total. The van der Waals surface area contributed by atoms with E-state index in [9.17, 15) is 27.9 Å². The van der Waals surface area contributed by atoms with Crippen molar-refractivity contribution in [3.63, 3.8) is 0 Å². The second kappa shape index (κ2) is 4.42. The van der Waals surface area contributed by atoms with Gasteiger partial charge in [0.2, 0.25) is 0 Å². The van der Waals surface area contributed by atoms with Gasteiger partial charge >= 0.3 is 18.1 Å². The zero-order valence-electron chi connectivity index (χ0n) is 9.93. The third-order valence-electron chi connectivity index (χ3n) is 3.19. The maximum atomic E-state index is 12.3. The number of nitrogens with one attached hydrogen (secondary N) is 1. The summed E-state index contributed by atoms with van der Waals surface area (Å²) in [5.74, 6) is -3.74. The normalized spacial score (nSPS) is 27.6. The number of hydrogen-bond donors (Lipinski definition) is 2. The average molecular weight is 269 g/mol. The summed E-state index contributed by atoms with van der Waals surface area (Å²) in [6.45, 7) is 2.82. The number of aliphatic carboxylic acids is 1. The Morgan fingerprint density at radius 1 is 1.33 bits per heavy atom. The molecule has 0 aromatic carbocycles. The highest BCUT2D eigenvalue weighted by Gasteiger charge is 2.57. The summed E-state index contributed by atoms with van der Waals surface area (Å²) in [6.07, 6.45) is -5.33. The third kappa shape index (κ3) is 2.43. The molecule has 0 spiro atoms. The van der Waals surface area contributed by atoms with Crippen molar-refractivity contribution in [2.45, 2.75) is 32.0 Å². The van der Waals surface area contributed by atoms with Gasteiger partial charge in [0.1, 0.15) is 5.54 Å². The fourth-order valence-corrected chi connectivity index (χ4v) is 1.96. The molecule has 0 aromatic heterocycles. The minimum Gasteiger partial charge on any atom is -0.479 e. The largest absolute Gasteiger partial charge is 0.479 e. The van der Waals surface area contributed by atoms with Gasteiger partial charge in [-0.3, -0.25) is 4.79 Å². The van der Waals surface area contributed by atoms with E-state index in [1.54, 1.807) is 5.32 Å². The molecule has 1 amide bonds. The summed E-state index contributed by atoms with van der Waals surface area (Å²) in [5.41, 5.74) is -3.12. The second-order valence-corrected chi connectivity index (χ2v) is 4.85. The number of halogens is 3. The van der Waals surface area contributed by atoms with Gasteiger partial charge in [0.05, 0.1) is 6.61 Å². The summed E-state index contributed by atoms with van der Waals surface area (Å²) >= 11 is 0. The fraction of sp³-hybridized carbons (Fsp3) is 0.800. The van der Waals surface area contributed by atoms with Gasteiger partial charge in [0.15, 0.2) is 0 Å². The smallest absolute Gasteiger partial charge is 0.471 e. The number of alkyl halides is 3. The summed E-state index contributed by atoms with van der Waals surface area (Å²) in [4.78, 5) is 22.3. The molecule has 1 atom stereocenters. The summed E-state index contributed by atoms with van der Waals surface area (Å²) in [7, 11) is 0. The van der Waals surface area contributed by atoms with Gasteiger partial charge in [-0.1, -0.05) is 13.8 Å². The molecule has 1 saturated heterocycles. The van der Waals surface area contributed by atoms with Crippen LogP contribution in [-0.4, -0.2) is 41.9 Å². The highest BCUT2D eigenvalue weighted by Crippen LogP contribution is 2.38. The molecule has 18 heavy (non-hydrogen) atoms. The van der Waals surface area contributed by atoms with Crippen molar-refractivity contribution in [2.75, 3.05) is 13.2 Å². The van der Waals surface area contributed by atoms with Gasteiger partial charge in [-0.25, -0.2) is 4.79 Å². The number of carbonyl (C=O) groups excluding carboxylic acids is 1. The van der Waals surface area contributed by atoms with Crippen LogP contribution in [0.4, 0.5) is 13.2 Å². The maximum Gasteiger partial charge on any atom is 0.471 e. The van der Waals surface area contributed by atoms with Crippen LogP contribution in [0.5, 0.6) is 0 Å². The Hall–Kier alpha value is -1.31. The van der Waals surface area contributed by atoms with E-state index in [0.29, 0.717) is 0 Å². The van der Waals surface area contributed by atoms with Gasteiger partial charge in [0, 0.05) is 18.4 Å². The number of rotatable bonds is 2. The molecule has 104 valence electrons. The quantitative estimate of drug-likeness (QED) is 0.782. The predicted molar refractivity (Wildman–Crippen MR) is 53.8 cm³/mol. The molecule has 0 radical (unpaired) electrons.